The SMILES string of the molecule is NS(=O)(=O)c1ccccc1-c1nc(CCCC(=O)NO)oc1-c1ccc(Cl)cc1. The van der Waals surface area contributed by atoms with Gasteiger partial charge < -0.3 is 4.42 Å². The molecule has 0 aliphatic heterocycles. The van der Waals surface area contributed by atoms with Gasteiger partial charge in [0.1, 0.15) is 5.69 Å². The fourth-order valence-corrected chi connectivity index (χ4v) is 3.68. The molecule has 0 fully saturated rings. The van der Waals surface area contributed by atoms with Crippen molar-refractivity contribution in [1.29, 1.82) is 0 Å². The number of rotatable bonds is 7. The Morgan fingerprint density at radius 1 is 1.17 bits per heavy atom. The first kappa shape index (κ1) is 21.0. The summed E-state index contributed by atoms with van der Waals surface area (Å²) in [6.45, 7) is 0. The third-order valence-electron chi connectivity index (χ3n) is 4.15. The topological polar surface area (TPSA) is 136 Å². The van der Waals surface area contributed by atoms with Crippen LogP contribution in [0.4, 0.5) is 0 Å². The summed E-state index contributed by atoms with van der Waals surface area (Å²) in [4.78, 5) is 15.6. The van der Waals surface area contributed by atoms with E-state index in [2.05, 4.69) is 4.98 Å². The second-order valence-corrected chi connectivity index (χ2v) is 8.19. The van der Waals surface area contributed by atoms with Crippen molar-refractivity contribution in [2.24, 2.45) is 5.14 Å². The number of oxazole rings is 1. The Balaban J connectivity index is 2.08. The van der Waals surface area contributed by atoms with Crippen molar-refractivity contribution >= 4 is 27.5 Å². The van der Waals surface area contributed by atoms with Crippen LogP contribution in [0.3, 0.4) is 0 Å². The maximum Gasteiger partial charge on any atom is 0.243 e. The van der Waals surface area contributed by atoms with Gasteiger partial charge in [-0.15, -0.1) is 0 Å². The van der Waals surface area contributed by atoms with Gasteiger partial charge in [0, 0.05) is 29.0 Å². The lowest BCUT2D eigenvalue weighted by atomic mass is 10.1. The number of benzene rings is 2. The van der Waals surface area contributed by atoms with Gasteiger partial charge in [-0.25, -0.2) is 24.0 Å². The smallest absolute Gasteiger partial charge is 0.243 e. The van der Waals surface area contributed by atoms with E-state index in [0.717, 1.165) is 0 Å². The molecule has 1 heterocycles. The minimum Gasteiger partial charge on any atom is -0.440 e. The Morgan fingerprint density at radius 3 is 2.52 bits per heavy atom. The van der Waals surface area contributed by atoms with Crippen LogP contribution in [-0.2, 0) is 21.2 Å². The number of hydrogen-bond acceptors (Lipinski definition) is 6. The molecule has 10 heteroatoms. The number of nitrogens with zero attached hydrogens (tertiary/aromatic N) is 1. The van der Waals surface area contributed by atoms with E-state index in [9.17, 15) is 13.2 Å². The van der Waals surface area contributed by atoms with Crippen LogP contribution >= 0.6 is 11.6 Å². The molecule has 0 aliphatic rings. The Morgan fingerprint density at radius 2 is 1.86 bits per heavy atom. The lowest BCUT2D eigenvalue weighted by Crippen LogP contribution is -2.18. The number of aryl methyl sites for hydroxylation is 1. The van der Waals surface area contributed by atoms with Crippen LogP contribution in [0.2, 0.25) is 5.02 Å². The Kier molecular flexibility index (Phi) is 6.33. The first-order valence-corrected chi connectivity index (χ1v) is 10.5. The molecule has 152 valence electrons. The summed E-state index contributed by atoms with van der Waals surface area (Å²) in [5.41, 5.74) is 2.85. The number of hydrogen-bond donors (Lipinski definition) is 3. The van der Waals surface area contributed by atoms with Gasteiger partial charge in [0.15, 0.2) is 11.7 Å². The molecule has 0 spiro atoms. The van der Waals surface area contributed by atoms with Crippen LogP contribution in [0.5, 0.6) is 0 Å². The number of nitrogens with two attached hydrogens (primary N) is 1. The molecule has 0 bridgehead atoms. The zero-order valence-corrected chi connectivity index (χ0v) is 16.7. The highest BCUT2D eigenvalue weighted by molar-refractivity contribution is 7.89. The average molecular weight is 436 g/mol. The van der Waals surface area contributed by atoms with Gasteiger partial charge in [0.2, 0.25) is 15.9 Å². The zero-order chi connectivity index (χ0) is 21.0. The highest BCUT2D eigenvalue weighted by atomic mass is 35.5. The van der Waals surface area contributed by atoms with Crippen LogP contribution in [-0.4, -0.2) is 24.5 Å². The number of aromatic nitrogens is 1. The molecular weight excluding hydrogens is 418 g/mol. The van der Waals surface area contributed by atoms with Gasteiger partial charge in [0.05, 0.1) is 4.90 Å². The van der Waals surface area contributed by atoms with Crippen molar-refractivity contribution in [1.82, 2.24) is 10.5 Å². The number of amides is 1. The third-order valence-corrected chi connectivity index (χ3v) is 5.37. The van der Waals surface area contributed by atoms with Crippen LogP contribution in [0.1, 0.15) is 18.7 Å². The molecule has 0 saturated heterocycles. The summed E-state index contributed by atoms with van der Waals surface area (Å²) in [7, 11) is -3.99. The maximum atomic E-state index is 12.0. The summed E-state index contributed by atoms with van der Waals surface area (Å²) < 4.78 is 30.0. The molecule has 0 radical (unpaired) electrons. The van der Waals surface area contributed by atoms with Gasteiger partial charge in [-0.05, 0) is 36.8 Å². The number of carbonyl (C=O) groups is 1. The number of nitrogens with one attached hydrogen (secondary N) is 1. The van der Waals surface area contributed by atoms with Crippen molar-refractivity contribution in [2.75, 3.05) is 0 Å². The number of hydroxylamine groups is 1. The Bertz CT molecular complexity index is 1130. The van der Waals surface area contributed by atoms with E-state index in [4.69, 9.17) is 26.4 Å². The van der Waals surface area contributed by atoms with Crippen molar-refractivity contribution in [3.05, 3.63) is 59.4 Å². The van der Waals surface area contributed by atoms with Gasteiger partial charge in [-0.2, -0.15) is 0 Å². The van der Waals surface area contributed by atoms with Crippen molar-refractivity contribution in [3.8, 4) is 22.6 Å². The fraction of sp³-hybridized carbons (Fsp3) is 0.158. The van der Waals surface area contributed by atoms with E-state index >= 15 is 0 Å². The zero-order valence-electron chi connectivity index (χ0n) is 15.1. The van der Waals surface area contributed by atoms with Gasteiger partial charge in [-0.1, -0.05) is 29.8 Å². The quantitative estimate of drug-likeness (QED) is 0.385. The highest BCUT2D eigenvalue weighted by Crippen LogP contribution is 2.36. The van der Waals surface area contributed by atoms with Crippen LogP contribution < -0.4 is 10.6 Å². The van der Waals surface area contributed by atoms with Gasteiger partial charge in [0.25, 0.3) is 0 Å². The molecule has 0 aliphatic carbocycles. The summed E-state index contributed by atoms with van der Waals surface area (Å²) in [5.74, 6) is 0.161. The number of sulfonamides is 1. The molecule has 1 amide bonds. The lowest BCUT2D eigenvalue weighted by Gasteiger charge is -2.07. The molecule has 0 saturated carbocycles. The monoisotopic (exact) mass is 435 g/mol. The lowest BCUT2D eigenvalue weighted by molar-refractivity contribution is -0.129. The first-order valence-electron chi connectivity index (χ1n) is 8.60. The standard InChI is InChI=1S/C19H18ClN3O5S/c20-13-10-8-12(9-11-13)19-18(14-4-1-2-5-15(14)29(21,26)27)22-17(28-19)7-3-6-16(24)23-25/h1-2,4-5,8-11,25H,3,6-7H2,(H,23,24)(H2,21,26,27). The molecule has 1 aromatic heterocycles. The molecule has 4 N–H and O–H groups in total. The minimum atomic E-state index is -3.99. The second kappa shape index (κ2) is 8.75. The van der Waals surface area contributed by atoms with E-state index in [1.165, 1.54) is 6.07 Å². The molecular formula is C19H18ClN3O5S. The number of halogens is 1. The summed E-state index contributed by atoms with van der Waals surface area (Å²) in [6, 6.07) is 13.1. The first-order chi connectivity index (χ1) is 13.8. The maximum absolute atomic E-state index is 12.0. The van der Waals surface area contributed by atoms with E-state index < -0.39 is 15.9 Å². The molecule has 0 atom stereocenters. The van der Waals surface area contributed by atoms with E-state index in [-0.39, 0.29) is 11.3 Å². The van der Waals surface area contributed by atoms with Crippen LogP contribution in [0.15, 0.2) is 57.8 Å². The molecule has 29 heavy (non-hydrogen) atoms. The van der Waals surface area contributed by atoms with Crippen molar-refractivity contribution < 1.29 is 22.8 Å². The summed E-state index contributed by atoms with van der Waals surface area (Å²) in [6.07, 6.45) is 0.771. The van der Waals surface area contributed by atoms with Crippen molar-refractivity contribution in [3.63, 3.8) is 0 Å². The second-order valence-electron chi connectivity index (χ2n) is 6.22. The van der Waals surface area contributed by atoms with Crippen molar-refractivity contribution in [2.45, 2.75) is 24.2 Å². The minimum absolute atomic E-state index is 0.0743. The summed E-state index contributed by atoms with van der Waals surface area (Å²) >= 11 is 5.96. The van der Waals surface area contributed by atoms with E-state index in [1.807, 2.05) is 0 Å². The van der Waals surface area contributed by atoms with Crippen LogP contribution in [0.25, 0.3) is 22.6 Å². The largest absolute Gasteiger partial charge is 0.440 e. The van der Waals surface area contributed by atoms with Crippen LogP contribution in [0, 0.1) is 0 Å². The van der Waals surface area contributed by atoms with Gasteiger partial charge in [-0.3, -0.25) is 10.0 Å². The number of primary sulfonamides is 1. The fourth-order valence-electron chi connectivity index (χ4n) is 2.82. The molecule has 0 unspecified atom stereocenters. The number of carbonyl (C=O) groups excluding carboxylic acids is 1. The molecule has 3 rings (SSSR count). The average Bonchev–Trinajstić information content (AvgIpc) is 3.11. The van der Waals surface area contributed by atoms with E-state index in [0.29, 0.717) is 46.3 Å². The normalized spacial score (nSPS) is 11.4. The predicted octanol–water partition coefficient (Wildman–Crippen LogP) is 3.14. The highest BCUT2D eigenvalue weighted by Gasteiger charge is 2.23. The Labute approximate surface area is 172 Å². The third kappa shape index (κ3) is 5.01. The predicted molar refractivity (Wildman–Crippen MR) is 107 cm³/mol. The molecule has 3 aromatic rings. The summed E-state index contributed by atoms with van der Waals surface area (Å²) in [5, 5.41) is 14.5. The Hall–Kier alpha value is -2.72. The molecule has 2 aromatic carbocycles. The van der Waals surface area contributed by atoms with Gasteiger partial charge >= 0.3 is 0 Å². The molecule has 8 nitrogen and oxygen atoms in total. The van der Waals surface area contributed by atoms with E-state index in [1.54, 1.807) is 47.9 Å².